The Bertz CT molecular complexity index is 405. The number of β-amino-alcohol motifs (C(OH)–C–C–N with tert-alkyl or cyclic N) is 1. The van der Waals surface area contributed by atoms with E-state index in [0.29, 0.717) is 24.7 Å². The van der Waals surface area contributed by atoms with Crippen LogP contribution in [0.15, 0.2) is 24.3 Å². The summed E-state index contributed by atoms with van der Waals surface area (Å²) in [5, 5.41) is 12.6. The van der Waals surface area contributed by atoms with Crippen LogP contribution in [0.2, 0.25) is 5.02 Å². The fourth-order valence-corrected chi connectivity index (χ4v) is 1.95. The standard InChI is InChI=1S/C12H15ClN2O2/c13-10-3-1-2-9(6-10)4-5-14-12(17)15-7-11(16)8-15/h1-3,6,11,16H,4-5,7-8H2,(H,14,17). The van der Waals surface area contributed by atoms with E-state index in [-0.39, 0.29) is 12.1 Å². The first-order valence-electron chi connectivity index (χ1n) is 5.60. The molecule has 0 saturated carbocycles. The summed E-state index contributed by atoms with van der Waals surface area (Å²) in [6.07, 6.45) is 0.400. The van der Waals surface area contributed by atoms with E-state index >= 15 is 0 Å². The molecular formula is C12H15ClN2O2. The first-order chi connectivity index (χ1) is 8.15. The molecular weight excluding hydrogens is 240 g/mol. The minimum atomic E-state index is -0.353. The maximum atomic E-state index is 11.5. The molecule has 2 rings (SSSR count). The highest BCUT2D eigenvalue weighted by molar-refractivity contribution is 6.30. The molecule has 1 heterocycles. The Labute approximate surface area is 105 Å². The van der Waals surface area contributed by atoms with Crippen molar-refractivity contribution in [1.82, 2.24) is 10.2 Å². The van der Waals surface area contributed by atoms with Gasteiger partial charge in [-0.1, -0.05) is 23.7 Å². The molecule has 0 bridgehead atoms. The van der Waals surface area contributed by atoms with Gasteiger partial charge in [0.2, 0.25) is 0 Å². The number of carbonyl (C=O) groups excluding carboxylic acids is 1. The fourth-order valence-electron chi connectivity index (χ4n) is 1.74. The summed E-state index contributed by atoms with van der Waals surface area (Å²) in [5.74, 6) is 0. The highest BCUT2D eigenvalue weighted by atomic mass is 35.5. The zero-order chi connectivity index (χ0) is 12.3. The molecule has 1 fully saturated rings. The summed E-state index contributed by atoms with van der Waals surface area (Å²) in [6.45, 7) is 1.44. The molecule has 2 N–H and O–H groups in total. The van der Waals surface area contributed by atoms with Crippen molar-refractivity contribution in [1.29, 1.82) is 0 Å². The van der Waals surface area contributed by atoms with Gasteiger partial charge in [0.05, 0.1) is 19.2 Å². The van der Waals surface area contributed by atoms with Crippen molar-refractivity contribution in [2.75, 3.05) is 19.6 Å². The minimum absolute atomic E-state index is 0.114. The minimum Gasteiger partial charge on any atom is -0.389 e. The van der Waals surface area contributed by atoms with Crippen LogP contribution in [-0.2, 0) is 6.42 Å². The number of rotatable bonds is 3. The van der Waals surface area contributed by atoms with Gasteiger partial charge in [0, 0.05) is 11.6 Å². The van der Waals surface area contributed by atoms with Crippen LogP contribution in [0, 0.1) is 0 Å². The lowest BCUT2D eigenvalue weighted by Gasteiger charge is -2.35. The Morgan fingerprint density at radius 3 is 2.94 bits per heavy atom. The number of nitrogens with one attached hydrogen (secondary N) is 1. The van der Waals surface area contributed by atoms with Crippen molar-refractivity contribution in [3.8, 4) is 0 Å². The fraction of sp³-hybridized carbons (Fsp3) is 0.417. The van der Waals surface area contributed by atoms with Crippen LogP contribution in [0.25, 0.3) is 0 Å². The van der Waals surface area contributed by atoms with Gasteiger partial charge < -0.3 is 15.3 Å². The molecule has 1 aromatic rings. The predicted molar refractivity (Wildman–Crippen MR) is 66.1 cm³/mol. The van der Waals surface area contributed by atoms with Crippen LogP contribution >= 0.6 is 11.6 Å². The second-order valence-electron chi connectivity index (χ2n) is 4.17. The number of aliphatic hydroxyl groups is 1. The third-order valence-electron chi connectivity index (χ3n) is 2.73. The van der Waals surface area contributed by atoms with Crippen LogP contribution in [0.5, 0.6) is 0 Å². The Morgan fingerprint density at radius 2 is 2.29 bits per heavy atom. The van der Waals surface area contributed by atoms with Crippen molar-refractivity contribution in [3.05, 3.63) is 34.9 Å². The number of nitrogens with zero attached hydrogens (tertiary/aromatic N) is 1. The lowest BCUT2D eigenvalue weighted by Crippen LogP contribution is -2.56. The number of carbonyl (C=O) groups is 1. The smallest absolute Gasteiger partial charge is 0.317 e. The van der Waals surface area contributed by atoms with Crippen LogP contribution in [0.4, 0.5) is 4.79 Å². The summed E-state index contributed by atoms with van der Waals surface area (Å²) < 4.78 is 0. The van der Waals surface area contributed by atoms with Crippen LogP contribution in [-0.4, -0.2) is 41.8 Å². The Balaban J connectivity index is 1.71. The second-order valence-corrected chi connectivity index (χ2v) is 4.61. The zero-order valence-electron chi connectivity index (χ0n) is 9.40. The third-order valence-corrected chi connectivity index (χ3v) is 2.96. The lowest BCUT2D eigenvalue weighted by molar-refractivity contribution is 0.0267. The molecule has 0 aliphatic carbocycles. The van der Waals surface area contributed by atoms with Crippen molar-refractivity contribution in [2.45, 2.75) is 12.5 Å². The highest BCUT2D eigenvalue weighted by Crippen LogP contribution is 2.11. The molecule has 1 aliphatic rings. The van der Waals surface area contributed by atoms with Crippen LogP contribution in [0.3, 0.4) is 0 Å². The number of aliphatic hydroxyl groups excluding tert-OH is 1. The summed E-state index contributed by atoms with van der Waals surface area (Å²) in [6, 6.07) is 7.47. The molecule has 5 heteroatoms. The van der Waals surface area contributed by atoms with E-state index in [4.69, 9.17) is 16.7 Å². The van der Waals surface area contributed by atoms with E-state index in [9.17, 15) is 4.79 Å². The Hall–Kier alpha value is -1.26. The van der Waals surface area contributed by atoms with Crippen molar-refractivity contribution in [3.63, 3.8) is 0 Å². The number of halogens is 1. The summed E-state index contributed by atoms with van der Waals surface area (Å²) in [4.78, 5) is 13.1. The first kappa shape index (κ1) is 12.2. The first-order valence-corrected chi connectivity index (χ1v) is 5.98. The van der Waals surface area contributed by atoms with Crippen molar-refractivity contribution < 1.29 is 9.90 Å². The zero-order valence-corrected chi connectivity index (χ0v) is 10.2. The normalized spacial score (nSPS) is 15.5. The van der Waals surface area contributed by atoms with E-state index in [1.54, 1.807) is 4.90 Å². The van der Waals surface area contributed by atoms with Gasteiger partial charge in [0.25, 0.3) is 0 Å². The van der Waals surface area contributed by atoms with E-state index in [1.807, 2.05) is 24.3 Å². The molecule has 1 aliphatic heterocycles. The number of benzene rings is 1. The van der Waals surface area contributed by atoms with Gasteiger partial charge in [0.15, 0.2) is 0 Å². The highest BCUT2D eigenvalue weighted by Gasteiger charge is 2.28. The van der Waals surface area contributed by atoms with E-state index in [0.717, 1.165) is 12.0 Å². The number of likely N-dealkylation sites (tertiary alicyclic amines) is 1. The monoisotopic (exact) mass is 254 g/mol. The molecule has 0 spiro atoms. The number of hydrogen-bond acceptors (Lipinski definition) is 2. The van der Waals surface area contributed by atoms with Gasteiger partial charge in [0.1, 0.15) is 0 Å². The molecule has 1 aromatic carbocycles. The Morgan fingerprint density at radius 1 is 1.53 bits per heavy atom. The van der Waals surface area contributed by atoms with Gasteiger partial charge in [-0.3, -0.25) is 0 Å². The molecule has 1 saturated heterocycles. The van der Waals surface area contributed by atoms with Gasteiger partial charge in [-0.2, -0.15) is 0 Å². The molecule has 0 atom stereocenters. The average molecular weight is 255 g/mol. The van der Waals surface area contributed by atoms with Crippen LogP contribution < -0.4 is 5.32 Å². The summed E-state index contributed by atoms with van der Waals surface area (Å²) in [7, 11) is 0. The maximum absolute atomic E-state index is 11.5. The summed E-state index contributed by atoms with van der Waals surface area (Å²) >= 11 is 5.86. The lowest BCUT2D eigenvalue weighted by atomic mass is 10.1. The maximum Gasteiger partial charge on any atom is 0.317 e. The van der Waals surface area contributed by atoms with Gasteiger partial charge >= 0.3 is 6.03 Å². The predicted octanol–water partition coefficient (Wildman–Crippen LogP) is 1.27. The quantitative estimate of drug-likeness (QED) is 0.854. The number of amides is 2. The SMILES string of the molecule is O=C(NCCc1cccc(Cl)c1)N1CC(O)C1. The number of urea groups is 1. The van der Waals surface area contributed by atoms with Gasteiger partial charge in [-0.15, -0.1) is 0 Å². The average Bonchev–Trinajstić information content (AvgIpc) is 2.25. The van der Waals surface area contributed by atoms with E-state index in [2.05, 4.69) is 5.32 Å². The largest absolute Gasteiger partial charge is 0.389 e. The number of hydrogen-bond donors (Lipinski definition) is 2. The van der Waals surface area contributed by atoms with Gasteiger partial charge in [-0.25, -0.2) is 4.79 Å². The van der Waals surface area contributed by atoms with E-state index in [1.165, 1.54) is 0 Å². The second kappa shape index (κ2) is 5.38. The van der Waals surface area contributed by atoms with Gasteiger partial charge in [-0.05, 0) is 24.1 Å². The topological polar surface area (TPSA) is 52.6 Å². The molecule has 4 nitrogen and oxygen atoms in total. The molecule has 17 heavy (non-hydrogen) atoms. The van der Waals surface area contributed by atoms with E-state index < -0.39 is 0 Å². The molecule has 0 radical (unpaired) electrons. The molecule has 0 unspecified atom stereocenters. The van der Waals surface area contributed by atoms with Crippen LogP contribution in [0.1, 0.15) is 5.56 Å². The summed E-state index contributed by atoms with van der Waals surface area (Å²) in [5.41, 5.74) is 1.10. The van der Waals surface area contributed by atoms with Crippen molar-refractivity contribution >= 4 is 17.6 Å². The molecule has 92 valence electrons. The van der Waals surface area contributed by atoms with Crippen molar-refractivity contribution in [2.24, 2.45) is 0 Å². The molecule has 2 amide bonds. The third kappa shape index (κ3) is 3.35. The molecule has 0 aromatic heterocycles. The Kier molecular flexibility index (Phi) is 3.86.